The first kappa shape index (κ1) is 18.3. The number of benzene rings is 1. The summed E-state index contributed by atoms with van der Waals surface area (Å²) in [6.45, 7) is 1.68. The van der Waals surface area contributed by atoms with Gasteiger partial charge in [-0.1, -0.05) is 25.5 Å². The second-order valence-electron chi connectivity index (χ2n) is 6.29. The molecule has 1 amide bonds. The molecule has 0 aliphatic heterocycles. The van der Waals surface area contributed by atoms with Gasteiger partial charge in [0.25, 0.3) is 0 Å². The maximum Gasteiger partial charge on any atom is 0.416 e. The van der Waals surface area contributed by atoms with Crippen molar-refractivity contribution in [2.75, 3.05) is 0 Å². The predicted molar refractivity (Wildman–Crippen MR) is 81.2 cm³/mol. The van der Waals surface area contributed by atoms with Crippen molar-refractivity contribution >= 4 is 11.9 Å². The molecule has 1 aromatic carbocycles. The summed E-state index contributed by atoms with van der Waals surface area (Å²) in [5.41, 5.74) is -0.0922. The molecule has 1 unspecified atom stereocenters. The van der Waals surface area contributed by atoms with Gasteiger partial charge in [-0.3, -0.25) is 9.59 Å². The van der Waals surface area contributed by atoms with Crippen LogP contribution in [-0.2, 0) is 22.2 Å². The van der Waals surface area contributed by atoms with Gasteiger partial charge in [-0.05, 0) is 37.0 Å². The molecule has 4 nitrogen and oxygen atoms in total. The van der Waals surface area contributed by atoms with Crippen molar-refractivity contribution in [1.29, 1.82) is 0 Å². The van der Waals surface area contributed by atoms with Crippen LogP contribution in [-0.4, -0.2) is 23.0 Å². The maximum absolute atomic E-state index is 12.5. The Bertz CT molecular complexity index is 598. The van der Waals surface area contributed by atoms with Crippen molar-refractivity contribution in [3.05, 3.63) is 35.4 Å². The van der Waals surface area contributed by atoms with Crippen molar-refractivity contribution in [2.45, 2.75) is 44.8 Å². The molecule has 0 radical (unpaired) electrons. The Hall–Kier alpha value is -2.05. The van der Waals surface area contributed by atoms with Crippen LogP contribution in [0.5, 0.6) is 0 Å². The van der Waals surface area contributed by atoms with Gasteiger partial charge in [0.1, 0.15) is 0 Å². The Labute approximate surface area is 138 Å². The number of hydrogen-bond acceptors (Lipinski definition) is 2. The second kappa shape index (κ2) is 7.23. The number of aliphatic carboxylic acids is 1. The third-order valence-corrected chi connectivity index (χ3v) is 4.43. The molecule has 1 aromatic rings. The number of halogens is 3. The molecule has 0 aromatic heterocycles. The van der Waals surface area contributed by atoms with Crippen LogP contribution >= 0.6 is 0 Å². The zero-order chi connectivity index (χ0) is 17.9. The first-order valence-electron chi connectivity index (χ1n) is 7.88. The van der Waals surface area contributed by atoms with Gasteiger partial charge in [0.2, 0.25) is 5.91 Å². The minimum atomic E-state index is -4.38. The highest BCUT2D eigenvalue weighted by atomic mass is 19.4. The molecule has 0 saturated heterocycles. The average Bonchev–Trinajstić information content (AvgIpc) is 2.95. The highest BCUT2D eigenvalue weighted by molar-refractivity contribution is 5.80. The first-order chi connectivity index (χ1) is 11.2. The molecule has 2 N–H and O–H groups in total. The van der Waals surface area contributed by atoms with Crippen molar-refractivity contribution in [3.8, 4) is 0 Å². The highest BCUT2D eigenvalue weighted by Crippen LogP contribution is 2.29. The molecular weight excluding hydrogens is 323 g/mol. The number of rotatable bonds is 5. The lowest BCUT2D eigenvalue weighted by atomic mass is 9.97. The largest absolute Gasteiger partial charge is 0.481 e. The molecule has 1 aliphatic carbocycles. The van der Waals surface area contributed by atoms with Gasteiger partial charge in [-0.2, -0.15) is 13.2 Å². The van der Waals surface area contributed by atoms with E-state index in [4.69, 9.17) is 5.11 Å². The Morgan fingerprint density at radius 3 is 2.42 bits per heavy atom. The van der Waals surface area contributed by atoms with E-state index in [0.717, 1.165) is 18.6 Å². The smallest absolute Gasteiger partial charge is 0.416 e. The molecular formula is C17H20F3NO3. The molecule has 1 saturated carbocycles. The average molecular weight is 343 g/mol. The minimum absolute atomic E-state index is 0.270. The van der Waals surface area contributed by atoms with Crippen LogP contribution in [0.4, 0.5) is 13.2 Å². The van der Waals surface area contributed by atoms with E-state index in [9.17, 15) is 22.8 Å². The van der Waals surface area contributed by atoms with E-state index in [1.165, 1.54) is 12.1 Å². The van der Waals surface area contributed by atoms with Crippen LogP contribution in [0, 0.1) is 11.8 Å². The van der Waals surface area contributed by atoms with Gasteiger partial charge in [0.15, 0.2) is 0 Å². The predicted octanol–water partition coefficient (Wildman–Crippen LogP) is 3.25. The Morgan fingerprint density at radius 1 is 1.25 bits per heavy atom. The molecule has 1 aliphatic rings. The van der Waals surface area contributed by atoms with Crippen LogP contribution in [0.1, 0.15) is 37.3 Å². The van der Waals surface area contributed by atoms with Crippen molar-refractivity contribution in [2.24, 2.45) is 11.8 Å². The summed E-state index contributed by atoms with van der Waals surface area (Å²) in [5.74, 6) is -2.19. The monoisotopic (exact) mass is 343 g/mol. The van der Waals surface area contributed by atoms with E-state index in [-0.39, 0.29) is 11.9 Å². The van der Waals surface area contributed by atoms with Gasteiger partial charge in [0, 0.05) is 12.0 Å². The Morgan fingerprint density at radius 2 is 1.88 bits per heavy atom. The minimum Gasteiger partial charge on any atom is -0.481 e. The molecule has 0 bridgehead atoms. The lowest BCUT2D eigenvalue weighted by Gasteiger charge is -2.20. The maximum atomic E-state index is 12.5. The van der Waals surface area contributed by atoms with Crippen molar-refractivity contribution in [3.63, 3.8) is 0 Å². The molecule has 132 valence electrons. The molecule has 0 spiro atoms. The standard InChI is InChI=1S/C17H20F3NO3/c1-10(9-11-5-7-12(8-6-11)17(18,19)20)15(22)21-14-4-2-3-13(14)16(23)24/h5-8,10,13-14H,2-4,9H2,1H3,(H,21,22)(H,23,24)/t10?,13-,14+/m0/s1. The lowest BCUT2D eigenvalue weighted by Crippen LogP contribution is -2.42. The van der Waals surface area contributed by atoms with Gasteiger partial charge in [0.05, 0.1) is 11.5 Å². The number of hydrogen-bond donors (Lipinski definition) is 2. The molecule has 0 heterocycles. The van der Waals surface area contributed by atoms with Crippen LogP contribution in [0.3, 0.4) is 0 Å². The summed E-state index contributed by atoms with van der Waals surface area (Å²) < 4.78 is 37.6. The zero-order valence-electron chi connectivity index (χ0n) is 13.3. The van der Waals surface area contributed by atoms with Crippen LogP contribution in [0.25, 0.3) is 0 Å². The number of nitrogens with one attached hydrogen (secondary N) is 1. The van der Waals surface area contributed by atoms with E-state index in [1.54, 1.807) is 6.92 Å². The Balaban J connectivity index is 1.93. The summed E-state index contributed by atoms with van der Waals surface area (Å²) in [4.78, 5) is 23.3. The van der Waals surface area contributed by atoms with Crippen LogP contribution < -0.4 is 5.32 Å². The highest BCUT2D eigenvalue weighted by Gasteiger charge is 2.34. The topological polar surface area (TPSA) is 66.4 Å². The molecule has 7 heteroatoms. The number of amides is 1. The van der Waals surface area contributed by atoms with Crippen LogP contribution in [0.2, 0.25) is 0 Å². The van der Waals surface area contributed by atoms with Crippen molar-refractivity contribution in [1.82, 2.24) is 5.32 Å². The summed E-state index contributed by atoms with van der Waals surface area (Å²) in [6.07, 6.45) is -2.14. The summed E-state index contributed by atoms with van der Waals surface area (Å²) in [6, 6.07) is 4.35. The van der Waals surface area contributed by atoms with E-state index in [2.05, 4.69) is 5.32 Å². The molecule has 2 rings (SSSR count). The van der Waals surface area contributed by atoms with E-state index >= 15 is 0 Å². The second-order valence-corrected chi connectivity index (χ2v) is 6.29. The van der Waals surface area contributed by atoms with Crippen molar-refractivity contribution < 1.29 is 27.9 Å². The van der Waals surface area contributed by atoms with Gasteiger partial charge >= 0.3 is 12.1 Å². The Kier molecular flexibility index (Phi) is 5.51. The molecule has 1 fully saturated rings. The lowest BCUT2D eigenvalue weighted by molar-refractivity contribution is -0.142. The number of carboxylic acids is 1. The fourth-order valence-electron chi connectivity index (χ4n) is 3.03. The van der Waals surface area contributed by atoms with Crippen LogP contribution in [0.15, 0.2) is 24.3 Å². The van der Waals surface area contributed by atoms with Gasteiger partial charge < -0.3 is 10.4 Å². The quantitative estimate of drug-likeness (QED) is 0.862. The van der Waals surface area contributed by atoms with E-state index in [0.29, 0.717) is 24.8 Å². The summed E-state index contributed by atoms with van der Waals surface area (Å²) >= 11 is 0. The normalized spacial score (nSPS) is 22.2. The zero-order valence-corrected chi connectivity index (χ0v) is 13.3. The van der Waals surface area contributed by atoms with E-state index in [1.807, 2.05) is 0 Å². The number of carboxylic acid groups (broad SMARTS) is 1. The third-order valence-electron chi connectivity index (χ3n) is 4.43. The first-order valence-corrected chi connectivity index (χ1v) is 7.88. The molecule has 24 heavy (non-hydrogen) atoms. The third kappa shape index (κ3) is 4.49. The van der Waals surface area contributed by atoms with E-state index < -0.39 is 29.5 Å². The SMILES string of the molecule is CC(Cc1ccc(C(F)(F)F)cc1)C(=O)N[C@@H]1CCC[C@@H]1C(=O)O. The summed E-state index contributed by atoms with van der Waals surface area (Å²) in [7, 11) is 0. The van der Waals surface area contributed by atoms with Gasteiger partial charge in [-0.15, -0.1) is 0 Å². The summed E-state index contributed by atoms with van der Waals surface area (Å²) in [5, 5.41) is 11.9. The fraction of sp³-hybridized carbons (Fsp3) is 0.529. The number of alkyl halides is 3. The molecule has 3 atom stereocenters. The number of carbonyl (C=O) groups excluding carboxylic acids is 1. The number of carbonyl (C=O) groups is 2. The fourth-order valence-corrected chi connectivity index (χ4v) is 3.03. The van der Waals surface area contributed by atoms with Gasteiger partial charge in [-0.25, -0.2) is 0 Å².